The number of anilines is 1. The van der Waals surface area contributed by atoms with Crippen LogP contribution in [-0.2, 0) is 0 Å². The molecule has 166 valence electrons. The van der Waals surface area contributed by atoms with Gasteiger partial charge in [-0.25, -0.2) is 4.79 Å². The third kappa shape index (κ3) is 4.73. The fourth-order valence-electron chi connectivity index (χ4n) is 3.35. The first-order chi connectivity index (χ1) is 15.9. The highest BCUT2D eigenvalue weighted by Crippen LogP contribution is 2.30. The van der Waals surface area contributed by atoms with Crippen LogP contribution in [0, 0.1) is 6.92 Å². The Bertz CT molecular complexity index is 1460. The van der Waals surface area contributed by atoms with E-state index in [0.29, 0.717) is 33.3 Å². The maximum atomic E-state index is 12.8. The summed E-state index contributed by atoms with van der Waals surface area (Å²) < 4.78 is 6.53. The van der Waals surface area contributed by atoms with Crippen LogP contribution in [0.15, 0.2) is 82.5 Å². The number of rotatable bonds is 5. The first-order valence-corrected chi connectivity index (χ1v) is 10.4. The Morgan fingerprint density at radius 2 is 1.73 bits per heavy atom. The lowest BCUT2D eigenvalue weighted by atomic mass is 10.0. The van der Waals surface area contributed by atoms with E-state index >= 15 is 0 Å². The molecule has 0 fully saturated rings. The number of carbonyl (C=O) groups is 1. The average molecular weight is 462 g/mol. The minimum Gasteiger partial charge on any atom is -0.495 e. The summed E-state index contributed by atoms with van der Waals surface area (Å²) >= 11 is 6.23. The molecule has 0 aliphatic carbocycles. The molecule has 3 aromatic carbocycles. The number of hydrogen-bond acceptors (Lipinski definition) is 4. The number of amides is 1. The Labute approximate surface area is 194 Å². The number of aromatic amines is 1. The van der Waals surface area contributed by atoms with Crippen LogP contribution in [0.2, 0.25) is 5.02 Å². The fraction of sp³-hybridized carbons (Fsp3) is 0.0800. The van der Waals surface area contributed by atoms with Crippen molar-refractivity contribution >= 4 is 23.2 Å². The summed E-state index contributed by atoms with van der Waals surface area (Å²) in [6, 6.07) is 19.4. The molecule has 7 nitrogen and oxygen atoms in total. The molecule has 4 rings (SSSR count). The van der Waals surface area contributed by atoms with Gasteiger partial charge < -0.3 is 10.1 Å². The van der Waals surface area contributed by atoms with E-state index in [1.807, 2.05) is 12.1 Å². The fourth-order valence-corrected chi connectivity index (χ4v) is 3.61. The molecule has 1 aromatic heterocycles. The number of nitrogens with one attached hydrogen (secondary N) is 2. The standard InChI is InChI=1S/C25H20ClN3O4/c1-15-14-29(25(32)28-23(15)30)20-9-7-19(8-10-20)27-24(31)18-5-3-4-16(12-18)17-6-11-22(33-2)21(26)13-17/h3-14H,1-2H3,(H,27,31)(H,28,30,32). The van der Waals surface area contributed by atoms with Crippen molar-refractivity contribution in [2.75, 3.05) is 12.4 Å². The smallest absolute Gasteiger partial charge is 0.332 e. The van der Waals surface area contributed by atoms with E-state index in [9.17, 15) is 14.4 Å². The number of halogens is 1. The summed E-state index contributed by atoms with van der Waals surface area (Å²) in [5.74, 6) is 0.304. The molecule has 0 aliphatic rings. The van der Waals surface area contributed by atoms with Crippen molar-refractivity contribution in [2.24, 2.45) is 0 Å². The number of hydrogen-bond donors (Lipinski definition) is 2. The highest BCUT2D eigenvalue weighted by molar-refractivity contribution is 6.32. The number of ether oxygens (including phenoxy) is 1. The molecular weight excluding hydrogens is 442 g/mol. The van der Waals surface area contributed by atoms with E-state index in [0.717, 1.165) is 11.1 Å². The molecule has 0 saturated heterocycles. The highest BCUT2D eigenvalue weighted by atomic mass is 35.5. The molecule has 4 aromatic rings. The van der Waals surface area contributed by atoms with Crippen molar-refractivity contribution in [1.82, 2.24) is 9.55 Å². The number of aryl methyl sites for hydroxylation is 1. The lowest BCUT2D eigenvalue weighted by Crippen LogP contribution is -2.29. The molecule has 0 radical (unpaired) electrons. The lowest BCUT2D eigenvalue weighted by molar-refractivity contribution is 0.102. The normalized spacial score (nSPS) is 10.6. The van der Waals surface area contributed by atoms with Crippen LogP contribution in [0.1, 0.15) is 15.9 Å². The predicted octanol–water partition coefficient (Wildman–Crippen LogP) is 4.42. The van der Waals surface area contributed by atoms with Crippen LogP contribution in [-0.4, -0.2) is 22.6 Å². The molecule has 1 heterocycles. The van der Waals surface area contributed by atoms with E-state index in [4.69, 9.17) is 16.3 Å². The highest BCUT2D eigenvalue weighted by Gasteiger charge is 2.10. The molecule has 0 aliphatic heterocycles. The molecule has 1 amide bonds. The van der Waals surface area contributed by atoms with E-state index in [-0.39, 0.29) is 5.91 Å². The van der Waals surface area contributed by atoms with Gasteiger partial charge in [-0.1, -0.05) is 29.8 Å². The number of methoxy groups -OCH3 is 1. The molecule has 0 bridgehead atoms. The minimum atomic E-state index is -0.530. The Morgan fingerprint density at radius 1 is 1.00 bits per heavy atom. The lowest BCUT2D eigenvalue weighted by Gasteiger charge is -2.10. The zero-order valence-corrected chi connectivity index (χ0v) is 18.6. The van der Waals surface area contributed by atoms with Gasteiger partial charge in [0.1, 0.15) is 5.75 Å². The SMILES string of the molecule is COc1ccc(-c2cccc(C(=O)Nc3ccc(-n4cc(C)c(=O)[nH]c4=O)cc3)c2)cc1Cl. The van der Waals surface area contributed by atoms with Gasteiger partial charge in [-0.2, -0.15) is 0 Å². The maximum absolute atomic E-state index is 12.8. The largest absolute Gasteiger partial charge is 0.495 e. The summed E-state index contributed by atoms with van der Waals surface area (Å²) in [6.07, 6.45) is 1.48. The van der Waals surface area contributed by atoms with Crippen LogP contribution in [0.4, 0.5) is 5.69 Å². The third-order valence-electron chi connectivity index (χ3n) is 5.13. The average Bonchev–Trinajstić information content (AvgIpc) is 2.82. The van der Waals surface area contributed by atoms with E-state index in [1.165, 1.54) is 10.8 Å². The van der Waals surface area contributed by atoms with Gasteiger partial charge in [0.2, 0.25) is 0 Å². The number of carbonyl (C=O) groups excluding carboxylic acids is 1. The number of aromatic nitrogens is 2. The van der Waals surface area contributed by atoms with Gasteiger partial charge in [-0.3, -0.25) is 19.1 Å². The molecule has 0 spiro atoms. The first-order valence-electron chi connectivity index (χ1n) is 10.0. The van der Waals surface area contributed by atoms with Crippen LogP contribution < -0.4 is 21.3 Å². The second-order valence-corrected chi connectivity index (χ2v) is 7.78. The summed E-state index contributed by atoms with van der Waals surface area (Å²) in [7, 11) is 1.55. The topological polar surface area (TPSA) is 93.2 Å². The zero-order chi connectivity index (χ0) is 23.5. The van der Waals surface area contributed by atoms with Crippen LogP contribution in [0.3, 0.4) is 0 Å². The zero-order valence-electron chi connectivity index (χ0n) is 17.9. The van der Waals surface area contributed by atoms with Crippen molar-refractivity contribution in [2.45, 2.75) is 6.92 Å². The summed E-state index contributed by atoms with van der Waals surface area (Å²) in [5, 5.41) is 3.34. The summed E-state index contributed by atoms with van der Waals surface area (Å²) in [4.78, 5) is 38.7. The van der Waals surface area contributed by atoms with Crippen LogP contribution in [0.5, 0.6) is 5.75 Å². The van der Waals surface area contributed by atoms with Crippen LogP contribution in [0.25, 0.3) is 16.8 Å². The van der Waals surface area contributed by atoms with E-state index < -0.39 is 11.2 Å². The molecule has 0 unspecified atom stereocenters. The number of benzene rings is 3. The molecule has 33 heavy (non-hydrogen) atoms. The Kier molecular flexibility index (Phi) is 6.15. The molecule has 0 saturated carbocycles. The van der Waals surface area contributed by atoms with Gasteiger partial charge in [0.05, 0.1) is 17.8 Å². The monoisotopic (exact) mass is 461 g/mol. The van der Waals surface area contributed by atoms with Crippen molar-refractivity contribution in [3.8, 4) is 22.6 Å². The maximum Gasteiger partial charge on any atom is 0.332 e. The Balaban J connectivity index is 1.54. The molecular formula is C25H20ClN3O4. The van der Waals surface area contributed by atoms with Gasteiger partial charge in [0.25, 0.3) is 11.5 Å². The summed E-state index contributed by atoms with van der Waals surface area (Å²) in [5.41, 5.74) is 2.79. The van der Waals surface area contributed by atoms with Gasteiger partial charge >= 0.3 is 5.69 Å². The quantitative estimate of drug-likeness (QED) is 0.460. The van der Waals surface area contributed by atoms with Gasteiger partial charge in [0, 0.05) is 23.0 Å². The van der Waals surface area contributed by atoms with Crippen molar-refractivity contribution < 1.29 is 9.53 Å². The summed E-state index contributed by atoms with van der Waals surface area (Å²) in [6.45, 7) is 1.62. The molecule has 0 atom stereocenters. The first kappa shape index (κ1) is 22.1. The van der Waals surface area contributed by atoms with Gasteiger partial charge in [-0.15, -0.1) is 0 Å². The second kappa shape index (κ2) is 9.18. The minimum absolute atomic E-state index is 0.277. The second-order valence-electron chi connectivity index (χ2n) is 7.37. The molecule has 2 N–H and O–H groups in total. The van der Waals surface area contributed by atoms with Gasteiger partial charge in [-0.05, 0) is 66.6 Å². The Hall–Kier alpha value is -4.10. The van der Waals surface area contributed by atoms with E-state index in [2.05, 4.69) is 10.3 Å². The van der Waals surface area contributed by atoms with E-state index in [1.54, 1.807) is 68.6 Å². The van der Waals surface area contributed by atoms with Gasteiger partial charge in [0.15, 0.2) is 0 Å². The van der Waals surface area contributed by atoms with Crippen molar-refractivity contribution in [3.05, 3.63) is 110 Å². The van der Waals surface area contributed by atoms with Crippen molar-refractivity contribution in [1.29, 1.82) is 0 Å². The number of nitrogens with zero attached hydrogens (tertiary/aromatic N) is 1. The van der Waals surface area contributed by atoms with Crippen LogP contribution >= 0.6 is 11.6 Å². The predicted molar refractivity (Wildman–Crippen MR) is 129 cm³/mol. The van der Waals surface area contributed by atoms with Crippen molar-refractivity contribution in [3.63, 3.8) is 0 Å². The number of H-pyrrole nitrogens is 1. The third-order valence-corrected chi connectivity index (χ3v) is 5.43. The Morgan fingerprint density at radius 3 is 2.42 bits per heavy atom. The molecule has 8 heteroatoms.